The molecule has 0 N–H and O–H groups in total. The van der Waals surface area contributed by atoms with Gasteiger partial charge in [-0.1, -0.05) is 30.3 Å². The number of nitrogens with zero attached hydrogens (tertiary/aromatic N) is 2. The van der Waals surface area contributed by atoms with Crippen LogP contribution in [0.25, 0.3) is 0 Å². The molecule has 20 heavy (non-hydrogen) atoms. The molecule has 0 fully saturated rings. The third-order valence-corrected chi connectivity index (χ3v) is 3.85. The summed E-state index contributed by atoms with van der Waals surface area (Å²) in [4.78, 5) is 18.5. The molecule has 0 radical (unpaired) electrons. The Morgan fingerprint density at radius 2 is 2.05 bits per heavy atom. The van der Waals surface area contributed by atoms with E-state index < -0.39 is 0 Å². The van der Waals surface area contributed by atoms with E-state index in [1.807, 2.05) is 34.0 Å². The molecule has 0 aliphatic rings. The van der Waals surface area contributed by atoms with E-state index >= 15 is 0 Å². The summed E-state index contributed by atoms with van der Waals surface area (Å²) in [6.07, 6.45) is 1.25. The van der Waals surface area contributed by atoms with Crippen molar-refractivity contribution in [3.63, 3.8) is 0 Å². The van der Waals surface area contributed by atoms with E-state index in [-0.39, 0.29) is 11.9 Å². The number of aryl methyl sites for hydroxylation is 1. The molecule has 1 aromatic heterocycles. The van der Waals surface area contributed by atoms with E-state index in [2.05, 4.69) is 31.0 Å². The Labute approximate surface area is 124 Å². The molecule has 106 valence electrons. The molecule has 1 aromatic carbocycles. The first kappa shape index (κ1) is 14.7. The Morgan fingerprint density at radius 3 is 2.65 bits per heavy atom. The van der Waals surface area contributed by atoms with Crippen molar-refractivity contribution in [2.24, 2.45) is 0 Å². The van der Waals surface area contributed by atoms with Gasteiger partial charge in [0.15, 0.2) is 0 Å². The minimum Gasteiger partial charge on any atom is -0.336 e. The van der Waals surface area contributed by atoms with Crippen molar-refractivity contribution in [2.45, 2.75) is 39.3 Å². The molecule has 1 heterocycles. The number of carbonyl (C=O) groups excluding carboxylic acids is 1. The maximum atomic E-state index is 12.4. The number of hydrogen-bond acceptors (Lipinski definition) is 3. The fourth-order valence-corrected chi connectivity index (χ4v) is 2.67. The molecule has 0 atom stereocenters. The van der Waals surface area contributed by atoms with Crippen LogP contribution in [0.3, 0.4) is 0 Å². The maximum Gasteiger partial charge on any atom is 0.223 e. The summed E-state index contributed by atoms with van der Waals surface area (Å²) < 4.78 is 0. The highest BCUT2D eigenvalue weighted by atomic mass is 32.1. The highest BCUT2D eigenvalue weighted by molar-refractivity contribution is 7.07. The Kier molecular flexibility index (Phi) is 5.30. The van der Waals surface area contributed by atoms with Gasteiger partial charge in [-0.25, -0.2) is 4.98 Å². The van der Waals surface area contributed by atoms with Crippen molar-refractivity contribution in [3.05, 3.63) is 52.5 Å². The molecule has 2 rings (SSSR count). The molecule has 2 aromatic rings. The van der Waals surface area contributed by atoms with Gasteiger partial charge in [0.1, 0.15) is 0 Å². The second kappa shape index (κ2) is 7.20. The molecule has 0 saturated carbocycles. The van der Waals surface area contributed by atoms with Gasteiger partial charge in [-0.3, -0.25) is 4.79 Å². The van der Waals surface area contributed by atoms with E-state index in [0.29, 0.717) is 13.0 Å². The van der Waals surface area contributed by atoms with Gasteiger partial charge in [0.25, 0.3) is 0 Å². The maximum absolute atomic E-state index is 12.4. The van der Waals surface area contributed by atoms with Crippen molar-refractivity contribution < 1.29 is 4.79 Å². The van der Waals surface area contributed by atoms with Crippen LogP contribution in [-0.2, 0) is 17.8 Å². The molecule has 0 aliphatic carbocycles. The molecule has 0 saturated heterocycles. The molecule has 0 unspecified atom stereocenters. The molecule has 0 aliphatic heterocycles. The van der Waals surface area contributed by atoms with E-state index in [1.54, 1.807) is 11.3 Å². The van der Waals surface area contributed by atoms with E-state index in [0.717, 1.165) is 12.1 Å². The summed E-state index contributed by atoms with van der Waals surface area (Å²) in [7, 11) is 0. The Morgan fingerprint density at radius 1 is 1.30 bits per heavy atom. The predicted molar refractivity (Wildman–Crippen MR) is 82.6 cm³/mol. The molecule has 3 nitrogen and oxygen atoms in total. The minimum absolute atomic E-state index is 0.192. The zero-order valence-corrected chi connectivity index (χ0v) is 12.8. The van der Waals surface area contributed by atoms with Gasteiger partial charge in [0.2, 0.25) is 5.91 Å². The van der Waals surface area contributed by atoms with Crippen LogP contribution in [0.2, 0.25) is 0 Å². The van der Waals surface area contributed by atoms with Crippen molar-refractivity contribution in [3.8, 4) is 0 Å². The van der Waals surface area contributed by atoms with Gasteiger partial charge >= 0.3 is 0 Å². The van der Waals surface area contributed by atoms with Crippen LogP contribution in [0.4, 0.5) is 0 Å². The van der Waals surface area contributed by atoms with Gasteiger partial charge in [0, 0.05) is 24.4 Å². The minimum atomic E-state index is 0.192. The molecule has 1 amide bonds. The Balaban J connectivity index is 1.95. The van der Waals surface area contributed by atoms with Crippen LogP contribution in [0.1, 0.15) is 31.5 Å². The van der Waals surface area contributed by atoms with Crippen molar-refractivity contribution in [2.75, 3.05) is 0 Å². The largest absolute Gasteiger partial charge is 0.336 e. The zero-order valence-electron chi connectivity index (χ0n) is 12.0. The topological polar surface area (TPSA) is 33.2 Å². The Bertz CT molecular complexity index is 523. The lowest BCUT2D eigenvalue weighted by molar-refractivity contribution is -0.133. The Hall–Kier alpha value is -1.68. The first-order valence-electron chi connectivity index (χ1n) is 6.87. The molecule has 0 bridgehead atoms. The number of rotatable bonds is 6. The SMILES string of the molecule is CC(C)N(Cc1ccccc1)C(=O)CCc1cscn1. The summed E-state index contributed by atoms with van der Waals surface area (Å²) in [5.74, 6) is 0.192. The molecule has 0 spiro atoms. The monoisotopic (exact) mass is 288 g/mol. The average molecular weight is 288 g/mol. The fraction of sp³-hybridized carbons (Fsp3) is 0.375. The summed E-state index contributed by atoms with van der Waals surface area (Å²) >= 11 is 1.57. The second-order valence-electron chi connectivity index (χ2n) is 5.08. The molecular weight excluding hydrogens is 268 g/mol. The van der Waals surface area contributed by atoms with Crippen molar-refractivity contribution in [1.29, 1.82) is 0 Å². The van der Waals surface area contributed by atoms with E-state index in [1.165, 1.54) is 5.56 Å². The van der Waals surface area contributed by atoms with Crippen LogP contribution >= 0.6 is 11.3 Å². The van der Waals surface area contributed by atoms with Gasteiger partial charge in [-0.05, 0) is 25.8 Å². The first-order chi connectivity index (χ1) is 9.66. The van der Waals surface area contributed by atoms with Gasteiger partial charge in [0.05, 0.1) is 11.2 Å². The van der Waals surface area contributed by atoms with Crippen LogP contribution in [0, 0.1) is 0 Å². The van der Waals surface area contributed by atoms with Crippen molar-refractivity contribution >= 4 is 17.2 Å². The second-order valence-corrected chi connectivity index (χ2v) is 5.80. The predicted octanol–water partition coefficient (Wildman–Crippen LogP) is 3.51. The summed E-state index contributed by atoms with van der Waals surface area (Å²) in [5.41, 5.74) is 3.99. The normalized spacial score (nSPS) is 10.8. The highest BCUT2D eigenvalue weighted by Crippen LogP contribution is 2.12. The average Bonchev–Trinajstić information content (AvgIpc) is 2.96. The van der Waals surface area contributed by atoms with E-state index in [4.69, 9.17) is 0 Å². The smallest absolute Gasteiger partial charge is 0.223 e. The number of benzene rings is 1. The zero-order chi connectivity index (χ0) is 14.4. The number of hydrogen-bond donors (Lipinski definition) is 0. The third kappa shape index (κ3) is 4.17. The van der Waals surface area contributed by atoms with Crippen LogP contribution in [0.5, 0.6) is 0 Å². The standard InChI is InChI=1S/C16H20N2OS/c1-13(2)18(10-14-6-4-3-5-7-14)16(19)9-8-15-11-20-12-17-15/h3-7,11-13H,8-10H2,1-2H3. The van der Waals surface area contributed by atoms with Crippen LogP contribution < -0.4 is 0 Å². The number of thiazole rings is 1. The quantitative estimate of drug-likeness (QED) is 0.815. The summed E-state index contributed by atoms with van der Waals surface area (Å²) in [6, 6.07) is 10.3. The molecule has 4 heteroatoms. The van der Waals surface area contributed by atoms with Crippen LogP contribution in [0.15, 0.2) is 41.2 Å². The van der Waals surface area contributed by atoms with Gasteiger partial charge in [-0.2, -0.15) is 0 Å². The summed E-state index contributed by atoms with van der Waals surface area (Å²) in [5, 5.41) is 2.00. The first-order valence-corrected chi connectivity index (χ1v) is 7.81. The third-order valence-electron chi connectivity index (χ3n) is 3.22. The lowest BCUT2D eigenvalue weighted by Crippen LogP contribution is -2.36. The van der Waals surface area contributed by atoms with E-state index in [9.17, 15) is 4.79 Å². The van der Waals surface area contributed by atoms with Gasteiger partial charge < -0.3 is 4.90 Å². The lowest BCUT2D eigenvalue weighted by Gasteiger charge is -2.27. The van der Waals surface area contributed by atoms with Gasteiger partial charge in [-0.15, -0.1) is 11.3 Å². The number of aromatic nitrogens is 1. The lowest BCUT2D eigenvalue weighted by atomic mass is 10.1. The van der Waals surface area contributed by atoms with Crippen LogP contribution in [-0.4, -0.2) is 21.8 Å². The fourth-order valence-electron chi connectivity index (χ4n) is 2.08. The summed E-state index contributed by atoms with van der Waals surface area (Å²) in [6.45, 7) is 4.79. The molecular formula is C16H20N2OS. The highest BCUT2D eigenvalue weighted by Gasteiger charge is 2.17. The number of carbonyl (C=O) groups is 1. The number of amides is 1. The van der Waals surface area contributed by atoms with Crippen molar-refractivity contribution in [1.82, 2.24) is 9.88 Å².